The maximum Gasteiger partial charge on any atom is 0.417 e. The van der Waals surface area contributed by atoms with Gasteiger partial charge in [-0.25, -0.2) is 4.98 Å². The number of alkyl halides is 3. The molecule has 0 fully saturated rings. The number of primary amides is 1. The van der Waals surface area contributed by atoms with Crippen LogP contribution in [-0.4, -0.2) is 46.8 Å². The molecule has 0 radical (unpaired) electrons. The SMILES string of the molecule is CNc1ncc2c(n1)N1CCN=C1C(c1cc(-c3c(C(F)(F)F)ccnc3C(N)=O)ccc1C)=C2. The standard InChI is InChI=1S/C24H20F3N7O/c1-12-3-4-13(18-17(24(25,26)27)5-6-30-19(18)20(28)35)9-15(12)16-10-14-11-32-23(29-2)33-21(14)34-8-7-31-22(16)34/h3-6,9-11H,7-8H2,1-2H3,(H2,28,35)(H,29,32,33). The Morgan fingerprint density at radius 2 is 2.00 bits per heavy atom. The monoisotopic (exact) mass is 479 g/mol. The van der Waals surface area contributed by atoms with E-state index >= 15 is 0 Å². The topological polar surface area (TPSA) is 109 Å². The molecule has 2 aromatic heterocycles. The number of carbonyl (C=O) groups excluding carboxylic acids is 1. The third-order valence-electron chi connectivity index (χ3n) is 5.96. The van der Waals surface area contributed by atoms with E-state index in [-0.39, 0.29) is 11.1 Å². The summed E-state index contributed by atoms with van der Waals surface area (Å²) in [4.78, 5) is 31.3. The van der Waals surface area contributed by atoms with E-state index in [0.717, 1.165) is 29.0 Å². The van der Waals surface area contributed by atoms with E-state index in [4.69, 9.17) is 5.73 Å². The predicted molar refractivity (Wildman–Crippen MR) is 127 cm³/mol. The summed E-state index contributed by atoms with van der Waals surface area (Å²) in [5, 5.41) is 2.92. The molecule has 0 saturated carbocycles. The van der Waals surface area contributed by atoms with E-state index in [9.17, 15) is 18.0 Å². The van der Waals surface area contributed by atoms with E-state index in [0.29, 0.717) is 36.3 Å². The van der Waals surface area contributed by atoms with Crippen LogP contribution in [-0.2, 0) is 6.18 Å². The van der Waals surface area contributed by atoms with Gasteiger partial charge in [0.1, 0.15) is 17.3 Å². The van der Waals surface area contributed by atoms with E-state index in [2.05, 4.69) is 25.3 Å². The lowest BCUT2D eigenvalue weighted by Gasteiger charge is -2.28. The quantitative estimate of drug-likeness (QED) is 0.590. The first-order valence-electron chi connectivity index (χ1n) is 10.7. The van der Waals surface area contributed by atoms with E-state index < -0.39 is 23.3 Å². The second-order valence-electron chi connectivity index (χ2n) is 8.11. The van der Waals surface area contributed by atoms with Gasteiger partial charge >= 0.3 is 6.18 Å². The first-order valence-corrected chi connectivity index (χ1v) is 10.7. The molecule has 8 nitrogen and oxygen atoms in total. The van der Waals surface area contributed by atoms with Crippen molar-refractivity contribution in [3.05, 3.63) is 64.6 Å². The van der Waals surface area contributed by atoms with Crippen LogP contribution in [0.2, 0.25) is 0 Å². The smallest absolute Gasteiger partial charge is 0.364 e. The molecule has 2 aliphatic rings. The summed E-state index contributed by atoms with van der Waals surface area (Å²) >= 11 is 0. The second-order valence-corrected chi connectivity index (χ2v) is 8.11. The molecular weight excluding hydrogens is 459 g/mol. The fourth-order valence-corrected chi connectivity index (χ4v) is 4.37. The summed E-state index contributed by atoms with van der Waals surface area (Å²) in [5.41, 5.74) is 6.79. The maximum absolute atomic E-state index is 13.9. The van der Waals surface area contributed by atoms with Gasteiger partial charge in [0, 0.05) is 42.7 Å². The lowest BCUT2D eigenvalue weighted by atomic mass is 9.90. The number of amides is 1. The molecule has 1 amide bonds. The molecule has 5 rings (SSSR count). The molecule has 0 bridgehead atoms. The lowest BCUT2D eigenvalue weighted by Crippen LogP contribution is -2.32. The largest absolute Gasteiger partial charge is 0.417 e. The van der Waals surface area contributed by atoms with Gasteiger partial charge in [0.05, 0.1) is 12.1 Å². The highest BCUT2D eigenvalue weighted by molar-refractivity contribution is 6.36. The molecule has 1 aromatic carbocycles. The second kappa shape index (κ2) is 8.19. The van der Waals surface area contributed by atoms with E-state index in [1.54, 1.807) is 25.4 Å². The van der Waals surface area contributed by atoms with Crippen molar-refractivity contribution in [3.8, 4) is 11.1 Å². The summed E-state index contributed by atoms with van der Waals surface area (Å²) < 4.78 is 41.6. The van der Waals surface area contributed by atoms with Crippen molar-refractivity contribution in [3.63, 3.8) is 0 Å². The Morgan fingerprint density at radius 1 is 1.20 bits per heavy atom. The molecule has 0 spiro atoms. The first-order chi connectivity index (χ1) is 16.7. The van der Waals surface area contributed by atoms with Crippen LogP contribution in [0.25, 0.3) is 22.8 Å². The first kappa shape index (κ1) is 22.5. The highest BCUT2D eigenvalue weighted by Crippen LogP contribution is 2.41. The zero-order valence-electron chi connectivity index (χ0n) is 18.8. The molecule has 0 aliphatic carbocycles. The number of hydrogen-bond acceptors (Lipinski definition) is 7. The Hall–Kier alpha value is -4.28. The van der Waals surface area contributed by atoms with Crippen molar-refractivity contribution in [2.75, 3.05) is 30.4 Å². The number of amidine groups is 1. The zero-order valence-corrected chi connectivity index (χ0v) is 18.8. The van der Waals surface area contributed by atoms with Gasteiger partial charge in [-0.05, 0) is 41.8 Å². The number of carbonyl (C=O) groups is 1. The van der Waals surface area contributed by atoms with Gasteiger partial charge in [-0.3, -0.25) is 14.8 Å². The maximum atomic E-state index is 13.9. The summed E-state index contributed by atoms with van der Waals surface area (Å²) in [6.45, 7) is 3.03. The van der Waals surface area contributed by atoms with Crippen LogP contribution in [0.15, 0.2) is 41.7 Å². The molecule has 4 heterocycles. The number of aromatic nitrogens is 3. The minimum Gasteiger partial charge on any atom is -0.364 e. The molecule has 0 unspecified atom stereocenters. The number of nitrogens with zero attached hydrogens (tertiary/aromatic N) is 5. The molecule has 2 aliphatic heterocycles. The summed E-state index contributed by atoms with van der Waals surface area (Å²) in [6, 6.07) is 5.70. The number of hydrogen-bond donors (Lipinski definition) is 2. The van der Waals surface area contributed by atoms with Crippen molar-refractivity contribution < 1.29 is 18.0 Å². The number of rotatable bonds is 4. The van der Waals surface area contributed by atoms with Crippen LogP contribution < -0.4 is 16.0 Å². The van der Waals surface area contributed by atoms with Crippen LogP contribution in [0, 0.1) is 6.92 Å². The normalized spacial score (nSPS) is 14.7. The highest BCUT2D eigenvalue weighted by atomic mass is 19.4. The molecule has 3 aromatic rings. The van der Waals surface area contributed by atoms with Gasteiger partial charge in [0.2, 0.25) is 5.95 Å². The predicted octanol–water partition coefficient (Wildman–Crippen LogP) is 3.78. The van der Waals surface area contributed by atoms with Crippen molar-refractivity contribution in [1.29, 1.82) is 0 Å². The molecule has 35 heavy (non-hydrogen) atoms. The Kier molecular flexibility index (Phi) is 5.27. The van der Waals surface area contributed by atoms with Gasteiger partial charge in [-0.15, -0.1) is 0 Å². The van der Waals surface area contributed by atoms with Crippen molar-refractivity contribution in [2.24, 2.45) is 10.7 Å². The minimum absolute atomic E-state index is 0.179. The Bertz CT molecular complexity index is 1430. The number of aryl methyl sites for hydroxylation is 1. The highest BCUT2D eigenvalue weighted by Gasteiger charge is 2.36. The number of nitrogens with two attached hydrogens (primary N) is 1. The zero-order chi connectivity index (χ0) is 24.9. The number of fused-ring (bicyclic) bond motifs is 3. The van der Waals surface area contributed by atoms with Crippen molar-refractivity contribution in [2.45, 2.75) is 13.1 Å². The number of benzene rings is 1. The van der Waals surface area contributed by atoms with Gasteiger partial charge in [0.25, 0.3) is 5.91 Å². The molecule has 178 valence electrons. The van der Waals surface area contributed by atoms with Gasteiger partial charge < -0.3 is 16.0 Å². The molecule has 0 saturated heterocycles. The van der Waals surface area contributed by atoms with Crippen molar-refractivity contribution >= 4 is 35.2 Å². The number of halogens is 3. The Labute approximate surface area is 198 Å². The third kappa shape index (κ3) is 3.78. The number of anilines is 2. The molecule has 3 N–H and O–H groups in total. The minimum atomic E-state index is -4.70. The van der Waals surface area contributed by atoms with Crippen LogP contribution >= 0.6 is 0 Å². The van der Waals surface area contributed by atoms with Gasteiger partial charge in [-0.2, -0.15) is 18.2 Å². The van der Waals surface area contributed by atoms with Crippen LogP contribution in [0.3, 0.4) is 0 Å². The van der Waals surface area contributed by atoms with Crippen molar-refractivity contribution in [1.82, 2.24) is 15.0 Å². The van der Waals surface area contributed by atoms with Gasteiger partial charge in [-0.1, -0.05) is 12.1 Å². The van der Waals surface area contributed by atoms with Crippen LogP contribution in [0.1, 0.15) is 32.7 Å². The summed E-state index contributed by atoms with van der Waals surface area (Å²) in [5.74, 6) is 0.819. The number of pyridine rings is 1. The summed E-state index contributed by atoms with van der Waals surface area (Å²) in [7, 11) is 1.73. The molecule has 11 heteroatoms. The van der Waals surface area contributed by atoms with Gasteiger partial charge in [0.15, 0.2) is 0 Å². The number of nitrogens with one attached hydrogen (secondary N) is 1. The van der Waals surface area contributed by atoms with Crippen LogP contribution in [0.5, 0.6) is 0 Å². The third-order valence-corrected chi connectivity index (χ3v) is 5.96. The fraction of sp³-hybridized carbons (Fsp3) is 0.208. The van der Waals surface area contributed by atoms with E-state index in [1.807, 2.05) is 17.9 Å². The average Bonchev–Trinajstić information content (AvgIpc) is 3.33. The van der Waals surface area contributed by atoms with Crippen LogP contribution in [0.4, 0.5) is 24.9 Å². The molecule has 0 atom stereocenters. The number of aliphatic imine (C=N–C) groups is 1. The Balaban J connectivity index is 1.72. The summed E-state index contributed by atoms with van der Waals surface area (Å²) in [6.07, 6.45) is -0.196. The average molecular weight is 479 g/mol. The van der Waals surface area contributed by atoms with E-state index in [1.165, 1.54) is 6.07 Å². The lowest BCUT2D eigenvalue weighted by molar-refractivity contribution is -0.137. The molecular formula is C24H20F3N7O. The fourth-order valence-electron chi connectivity index (χ4n) is 4.37. The Morgan fingerprint density at radius 3 is 2.71 bits per heavy atom.